The van der Waals surface area contributed by atoms with Crippen molar-refractivity contribution in [1.82, 2.24) is 9.62 Å². The smallest absolute Gasteiger partial charge is 0.223 e. The van der Waals surface area contributed by atoms with Gasteiger partial charge in [-0.05, 0) is 55.0 Å². The van der Waals surface area contributed by atoms with E-state index in [0.717, 1.165) is 36.0 Å². The van der Waals surface area contributed by atoms with E-state index in [1.807, 2.05) is 24.3 Å². The second-order valence-corrected chi connectivity index (χ2v) is 11.5. The van der Waals surface area contributed by atoms with Gasteiger partial charge in [0.05, 0.1) is 5.75 Å². The molecule has 6 nitrogen and oxygen atoms in total. The molecule has 8 heteroatoms. The summed E-state index contributed by atoms with van der Waals surface area (Å²) in [5, 5.41) is 3.06. The van der Waals surface area contributed by atoms with Gasteiger partial charge in [-0.25, -0.2) is 12.7 Å². The summed E-state index contributed by atoms with van der Waals surface area (Å²) >= 11 is 3.39. The van der Waals surface area contributed by atoms with Crippen LogP contribution in [0.15, 0.2) is 53.0 Å². The number of sulfonamides is 1. The van der Waals surface area contributed by atoms with Gasteiger partial charge in [0.2, 0.25) is 15.9 Å². The highest BCUT2D eigenvalue weighted by atomic mass is 79.9. The third kappa shape index (κ3) is 5.71. The Bertz CT molecular complexity index is 1050. The molecule has 2 aliphatic heterocycles. The van der Waals surface area contributed by atoms with Crippen molar-refractivity contribution in [2.24, 2.45) is 5.92 Å². The Hall–Kier alpha value is -1.90. The summed E-state index contributed by atoms with van der Waals surface area (Å²) < 4.78 is 27.9. The number of fused-ring (bicyclic) bond motifs is 1. The Morgan fingerprint density at radius 1 is 1.06 bits per heavy atom. The number of benzene rings is 2. The first-order valence-electron chi connectivity index (χ1n) is 11.3. The molecule has 172 valence electrons. The maximum Gasteiger partial charge on any atom is 0.223 e. The number of amides is 1. The van der Waals surface area contributed by atoms with Crippen LogP contribution in [-0.2, 0) is 27.0 Å². The standard InChI is InChI=1S/C24H30BrN3O3S/c25-22-7-3-5-19(17-22)18-32(30,31)28-15-10-21(11-16-28)24(29)26-12-4-13-27-14-9-20-6-1-2-8-23(20)27/h1-3,5-8,17,21H,4,9-16,18H2,(H,26,29). The molecule has 2 aromatic rings. The van der Waals surface area contributed by atoms with Gasteiger partial charge in [0.25, 0.3) is 0 Å². The van der Waals surface area contributed by atoms with Gasteiger partial charge in [0.15, 0.2) is 0 Å². The molecule has 4 rings (SSSR count). The van der Waals surface area contributed by atoms with Crippen molar-refractivity contribution in [3.8, 4) is 0 Å². The predicted molar refractivity (Wildman–Crippen MR) is 131 cm³/mol. The molecule has 1 saturated heterocycles. The number of hydrogen-bond acceptors (Lipinski definition) is 4. The SMILES string of the molecule is O=C(NCCCN1CCc2ccccc21)C1CCN(S(=O)(=O)Cc2cccc(Br)c2)CC1. The van der Waals surface area contributed by atoms with Gasteiger partial charge in [-0.1, -0.05) is 46.3 Å². The third-order valence-electron chi connectivity index (χ3n) is 6.34. The van der Waals surface area contributed by atoms with Gasteiger partial charge < -0.3 is 10.2 Å². The average molecular weight is 520 g/mol. The number of nitrogens with zero attached hydrogens (tertiary/aromatic N) is 2. The van der Waals surface area contributed by atoms with E-state index in [1.54, 1.807) is 0 Å². The van der Waals surface area contributed by atoms with Crippen LogP contribution in [0.2, 0.25) is 0 Å². The molecule has 1 amide bonds. The number of rotatable bonds is 8. The van der Waals surface area contributed by atoms with E-state index in [2.05, 4.69) is 50.4 Å². The lowest BCUT2D eigenvalue weighted by Crippen LogP contribution is -2.43. The molecule has 0 radical (unpaired) electrons. The van der Waals surface area contributed by atoms with E-state index in [4.69, 9.17) is 0 Å². The van der Waals surface area contributed by atoms with E-state index in [9.17, 15) is 13.2 Å². The highest BCUT2D eigenvalue weighted by Gasteiger charge is 2.31. The number of carbonyl (C=O) groups excluding carboxylic acids is 1. The minimum Gasteiger partial charge on any atom is -0.371 e. The van der Waals surface area contributed by atoms with Crippen LogP contribution in [0.3, 0.4) is 0 Å². The highest BCUT2D eigenvalue weighted by molar-refractivity contribution is 9.10. The first kappa shape index (κ1) is 23.3. The number of halogens is 1. The number of hydrogen-bond donors (Lipinski definition) is 1. The maximum absolute atomic E-state index is 12.8. The lowest BCUT2D eigenvalue weighted by atomic mass is 9.97. The fourth-order valence-corrected chi connectivity index (χ4v) is 6.59. The maximum atomic E-state index is 12.8. The van der Waals surface area contributed by atoms with Gasteiger partial charge >= 0.3 is 0 Å². The predicted octanol–water partition coefficient (Wildman–Crippen LogP) is 3.56. The van der Waals surface area contributed by atoms with Crippen molar-refractivity contribution in [1.29, 1.82) is 0 Å². The summed E-state index contributed by atoms with van der Waals surface area (Å²) in [6, 6.07) is 15.9. The number of carbonyl (C=O) groups is 1. The topological polar surface area (TPSA) is 69.7 Å². The summed E-state index contributed by atoms with van der Waals surface area (Å²) in [6.45, 7) is 3.43. The molecule has 0 aromatic heterocycles. The monoisotopic (exact) mass is 519 g/mol. The van der Waals surface area contributed by atoms with Crippen molar-refractivity contribution < 1.29 is 13.2 Å². The summed E-state index contributed by atoms with van der Waals surface area (Å²) in [7, 11) is -3.38. The van der Waals surface area contributed by atoms with E-state index in [0.29, 0.717) is 32.5 Å². The zero-order valence-electron chi connectivity index (χ0n) is 18.2. The van der Waals surface area contributed by atoms with Crippen molar-refractivity contribution >= 4 is 37.5 Å². The Kier molecular flexibility index (Phi) is 7.53. The normalized spacial score (nSPS) is 17.3. The Balaban J connectivity index is 1.18. The molecule has 2 aromatic carbocycles. The molecule has 0 aliphatic carbocycles. The number of anilines is 1. The minimum atomic E-state index is -3.38. The van der Waals surface area contributed by atoms with Crippen molar-refractivity contribution in [3.05, 3.63) is 64.1 Å². The zero-order valence-corrected chi connectivity index (χ0v) is 20.6. The van der Waals surface area contributed by atoms with Crippen LogP contribution >= 0.6 is 15.9 Å². The van der Waals surface area contributed by atoms with Crippen LogP contribution in [-0.4, -0.2) is 51.4 Å². The van der Waals surface area contributed by atoms with E-state index in [-0.39, 0.29) is 17.6 Å². The van der Waals surface area contributed by atoms with Crippen LogP contribution in [0.5, 0.6) is 0 Å². The van der Waals surface area contributed by atoms with Crippen LogP contribution in [0.1, 0.15) is 30.4 Å². The van der Waals surface area contributed by atoms with Crippen LogP contribution < -0.4 is 10.2 Å². The van der Waals surface area contributed by atoms with Gasteiger partial charge in [0, 0.05) is 48.8 Å². The summed E-state index contributed by atoms with van der Waals surface area (Å²) in [4.78, 5) is 15.0. The Morgan fingerprint density at radius 3 is 2.62 bits per heavy atom. The van der Waals surface area contributed by atoms with Crippen LogP contribution in [0.25, 0.3) is 0 Å². The highest BCUT2D eigenvalue weighted by Crippen LogP contribution is 2.27. The molecule has 1 fully saturated rings. The number of nitrogens with one attached hydrogen (secondary N) is 1. The molecular formula is C24H30BrN3O3S. The molecule has 0 spiro atoms. The summed E-state index contributed by atoms with van der Waals surface area (Å²) in [6.07, 6.45) is 3.14. The van der Waals surface area contributed by atoms with E-state index >= 15 is 0 Å². The van der Waals surface area contributed by atoms with Crippen molar-refractivity contribution in [2.45, 2.75) is 31.4 Å². The zero-order chi connectivity index (χ0) is 22.6. The van der Waals surface area contributed by atoms with Crippen LogP contribution in [0, 0.1) is 5.92 Å². The van der Waals surface area contributed by atoms with E-state index < -0.39 is 10.0 Å². The fraction of sp³-hybridized carbons (Fsp3) is 0.458. The largest absolute Gasteiger partial charge is 0.371 e. The molecule has 2 aliphatic rings. The molecule has 0 bridgehead atoms. The Morgan fingerprint density at radius 2 is 1.84 bits per heavy atom. The number of para-hydroxylation sites is 1. The summed E-state index contributed by atoms with van der Waals surface area (Å²) in [5.74, 6) is -0.0705. The van der Waals surface area contributed by atoms with Gasteiger partial charge in [0.1, 0.15) is 0 Å². The average Bonchev–Trinajstić information content (AvgIpc) is 3.19. The second-order valence-electron chi connectivity index (χ2n) is 8.57. The third-order valence-corrected chi connectivity index (χ3v) is 8.69. The summed E-state index contributed by atoms with van der Waals surface area (Å²) in [5.41, 5.74) is 3.48. The van der Waals surface area contributed by atoms with Gasteiger partial charge in [-0.3, -0.25) is 4.79 Å². The van der Waals surface area contributed by atoms with E-state index in [1.165, 1.54) is 15.6 Å². The molecule has 0 atom stereocenters. The molecule has 2 heterocycles. The second kappa shape index (κ2) is 10.4. The molecule has 1 N–H and O–H groups in total. The van der Waals surface area contributed by atoms with Crippen LogP contribution in [0.4, 0.5) is 5.69 Å². The fourth-order valence-electron chi connectivity index (χ4n) is 4.59. The molecule has 0 saturated carbocycles. The lowest BCUT2D eigenvalue weighted by molar-refractivity contribution is -0.126. The first-order chi connectivity index (χ1) is 15.4. The molecule has 32 heavy (non-hydrogen) atoms. The lowest BCUT2D eigenvalue weighted by Gasteiger charge is -2.30. The number of piperidine rings is 1. The first-order valence-corrected chi connectivity index (χ1v) is 13.7. The van der Waals surface area contributed by atoms with Crippen molar-refractivity contribution in [3.63, 3.8) is 0 Å². The van der Waals surface area contributed by atoms with Gasteiger partial charge in [-0.15, -0.1) is 0 Å². The van der Waals surface area contributed by atoms with Gasteiger partial charge in [-0.2, -0.15) is 0 Å². The Labute approximate surface area is 199 Å². The van der Waals surface area contributed by atoms with Crippen molar-refractivity contribution in [2.75, 3.05) is 37.6 Å². The minimum absolute atomic E-state index is 0.0110. The molecular weight excluding hydrogens is 490 g/mol. The quantitative estimate of drug-likeness (QED) is 0.541. The molecule has 0 unspecified atom stereocenters.